The third-order valence-electron chi connectivity index (χ3n) is 5.95. The number of methoxy groups -OCH3 is 3. The van der Waals surface area contributed by atoms with E-state index in [2.05, 4.69) is 12.2 Å². The number of carbonyl (C=O) groups excluding carboxylic acids is 2. The van der Waals surface area contributed by atoms with Gasteiger partial charge in [0, 0.05) is 42.7 Å². The zero-order valence-electron chi connectivity index (χ0n) is 19.2. The number of nitrogens with one attached hydrogen (secondary N) is 1. The van der Waals surface area contributed by atoms with Gasteiger partial charge in [-0.1, -0.05) is 19.4 Å². The molecule has 2 aromatic rings. The first-order valence-corrected chi connectivity index (χ1v) is 10.9. The second-order valence-electron chi connectivity index (χ2n) is 7.90. The molecule has 1 aliphatic rings. The van der Waals surface area contributed by atoms with Crippen LogP contribution >= 0.6 is 0 Å². The highest BCUT2D eigenvalue weighted by atomic mass is 16.5. The molecule has 0 bridgehead atoms. The molecule has 1 saturated heterocycles. The first-order valence-electron chi connectivity index (χ1n) is 10.9. The molecule has 0 aromatic heterocycles. The lowest BCUT2D eigenvalue weighted by Gasteiger charge is -2.21. The summed E-state index contributed by atoms with van der Waals surface area (Å²) in [4.78, 5) is 28.0. The van der Waals surface area contributed by atoms with Gasteiger partial charge in [0.2, 0.25) is 5.91 Å². The van der Waals surface area contributed by atoms with E-state index in [1.54, 1.807) is 50.5 Å². The number of likely N-dealkylation sites (tertiary alicyclic amines) is 1. The van der Waals surface area contributed by atoms with Crippen molar-refractivity contribution in [2.75, 3.05) is 41.0 Å². The van der Waals surface area contributed by atoms with E-state index in [1.165, 1.54) is 0 Å². The Kier molecular flexibility index (Phi) is 7.98. The Bertz CT molecular complexity index is 928. The van der Waals surface area contributed by atoms with Crippen molar-refractivity contribution in [3.05, 3.63) is 53.6 Å². The molecule has 7 heteroatoms. The van der Waals surface area contributed by atoms with Crippen LogP contribution in [0.3, 0.4) is 0 Å². The van der Waals surface area contributed by atoms with Gasteiger partial charge < -0.3 is 24.4 Å². The highest BCUT2D eigenvalue weighted by Gasteiger charge is 2.41. The zero-order valence-corrected chi connectivity index (χ0v) is 19.2. The smallest absolute Gasteiger partial charge is 0.253 e. The summed E-state index contributed by atoms with van der Waals surface area (Å²) in [6, 6.07) is 12.6. The van der Waals surface area contributed by atoms with Crippen LogP contribution < -0.4 is 19.5 Å². The first-order chi connectivity index (χ1) is 15.5. The average molecular weight is 441 g/mol. The van der Waals surface area contributed by atoms with Gasteiger partial charge in [-0.3, -0.25) is 9.59 Å². The van der Waals surface area contributed by atoms with Crippen LogP contribution in [0.25, 0.3) is 0 Å². The van der Waals surface area contributed by atoms with E-state index in [1.807, 2.05) is 18.2 Å². The molecule has 0 unspecified atom stereocenters. The molecule has 0 spiro atoms. The largest absolute Gasteiger partial charge is 0.497 e. The van der Waals surface area contributed by atoms with Crippen LogP contribution in [0.5, 0.6) is 17.2 Å². The predicted octanol–water partition coefficient (Wildman–Crippen LogP) is 3.48. The lowest BCUT2D eigenvalue weighted by molar-refractivity contribution is -0.124. The molecule has 32 heavy (non-hydrogen) atoms. The normalized spacial score (nSPS) is 17.7. The number of nitrogens with zero attached hydrogens (tertiary/aromatic N) is 1. The molecule has 1 N–H and O–H groups in total. The highest BCUT2D eigenvalue weighted by molar-refractivity contribution is 5.95. The number of unbranched alkanes of at least 4 members (excludes halogenated alkanes) is 1. The Labute approximate surface area is 189 Å². The Balaban J connectivity index is 1.88. The number of benzene rings is 2. The topological polar surface area (TPSA) is 77.1 Å². The van der Waals surface area contributed by atoms with Gasteiger partial charge in [-0.05, 0) is 36.8 Å². The maximum Gasteiger partial charge on any atom is 0.253 e. The maximum atomic E-state index is 13.2. The van der Waals surface area contributed by atoms with Crippen molar-refractivity contribution in [2.45, 2.75) is 25.7 Å². The lowest BCUT2D eigenvalue weighted by Crippen LogP contribution is -2.36. The van der Waals surface area contributed by atoms with Crippen LogP contribution in [-0.4, -0.2) is 57.7 Å². The van der Waals surface area contributed by atoms with Crippen molar-refractivity contribution >= 4 is 11.8 Å². The average Bonchev–Trinajstić information content (AvgIpc) is 3.28. The van der Waals surface area contributed by atoms with Crippen molar-refractivity contribution in [1.29, 1.82) is 0 Å². The predicted molar refractivity (Wildman–Crippen MR) is 123 cm³/mol. The maximum absolute atomic E-state index is 13.2. The van der Waals surface area contributed by atoms with Gasteiger partial charge in [-0.2, -0.15) is 0 Å². The van der Waals surface area contributed by atoms with Gasteiger partial charge in [0.1, 0.15) is 17.2 Å². The third-order valence-corrected chi connectivity index (χ3v) is 5.95. The molecule has 0 saturated carbocycles. The highest BCUT2D eigenvalue weighted by Crippen LogP contribution is 2.39. The standard InChI is InChI=1S/C25H32N2O5/c1-5-6-13-26-24(28)22-16-27(25(29)17-7-9-18(30-2)10-8-17)15-21(22)20-12-11-19(31-3)14-23(20)32-4/h7-12,14,21-22H,5-6,13,15-16H2,1-4H3,(H,26,28)/t21-,22+/m1/s1. The number of hydrogen-bond acceptors (Lipinski definition) is 5. The van der Waals surface area contributed by atoms with E-state index < -0.39 is 0 Å². The molecule has 1 aliphatic heterocycles. The summed E-state index contributed by atoms with van der Waals surface area (Å²) in [5, 5.41) is 3.04. The molecular weight excluding hydrogens is 408 g/mol. The second kappa shape index (κ2) is 10.9. The number of ether oxygens (including phenoxy) is 3. The van der Waals surface area contributed by atoms with E-state index in [4.69, 9.17) is 14.2 Å². The van der Waals surface area contributed by atoms with Crippen molar-refractivity contribution in [1.82, 2.24) is 10.2 Å². The zero-order chi connectivity index (χ0) is 23.1. The van der Waals surface area contributed by atoms with Gasteiger partial charge in [0.15, 0.2) is 0 Å². The molecule has 2 atom stereocenters. The van der Waals surface area contributed by atoms with Crippen LogP contribution in [0.2, 0.25) is 0 Å². The quantitative estimate of drug-likeness (QED) is 0.604. The monoisotopic (exact) mass is 440 g/mol. The molecule has 1 heterocycles. The van der Waals surface area contributed by atoms with Crippen molar-refractivity contribution < 1.29 is 23.8 Å². The molecule has 7 nitrogen and oxygen atoms in total. The third kappa shape index (κ3) is 5.15. The van der Waals surface area contributed by atoms with E-state index in [0.29, 0.717) is 42.4 Å². The minimum Gasteiger partial charge on any atom is -0.497 e. The molecule has 2 amide bonds. The molecule has 2 aromatic carbocycles. The van der Waals surface area contributed by atoms with Crippen LogP contribution in [-0.2, 0) is 4.79 Å². The van der Waals surface area contributed by atoms with Gasteiger partial charge in [0.25, 0.3) is 5.91 Å². The molecule has 172 valence electrons. The van der Waals surface area contributed by atoms with Crippen LogP contribution in [0.1, 0.15) is 41.6 Å². The lowest BCUT2D eigenvalue weighted by atomic mass is 9.87. The molecular formula is C25H32N2O5. The summed E-state index contributed by atoms with van der Waals surface area (Å²) in [6.45, 7) is 3.49. The first kappa shape index (κ1) is 23.4. The van der Waals surface area contributed by atoms with Gasteiger partial charge in [-0.25, -0.2) is 0 Å². The van der Waals surface area contributed by atoms with E-state index in [9.17, 15) is 9.59 Å². The number of amides is 2. The fourth-order valence-electron chi connectivity index (χ4n) is 4.11. The minimum atomic E-state index is -0.364. The van der Waals surface area contributed by atoms with E-state index >= 15 is 0 Å². The van der Waals surface area contributed by atoms with Crippen molar-refractivity contribution in [3.63, 3.8) is 0 Å². The number of hydrogen-bond donors (Lipinski definition) is 1. The van der Waals surface area contributed by atoms with Gasteiger partial charge >= 0.3 is 0 Å². The summed E-state index contributed by atoms with van der Waals surface area (Å²) in [5.74, 6) is 1.34. The Morgan fingerprint density at radius 2 is 1.66 bits per heavy atom. The molecule has 0 radical (unpaired) electrons. The summed E-state index contributed by atoms with van der Waals surface area (Å²) in [7, 11) is 4.79. The van der Waals surface area contributed by atoms with Crippen LogP contribution in [0.15, 0.2) is 42.5 Å². The Hall–Kier alpha value is -3.22. The number of rotatable bonds is 9. The number of carbonyl (C=O) groups is 2. The summed E-state index contributed by atoms with van der Waals surface area (Å²) < 4.78 is 16.1. The van der Waals surface area contributed by atoms with Gasteiger partial charge in [0.05, 0.1) is 27.2 Å². The Morgan fingerprint density at radius 1 is 0.969 bits per heavy atom. The molecule has 1 fully saturated rings. The summed E-state index contributed by atoms with van der Waals surface area (Å²) in [5.41, 5.74) is 1.47. The van der Waals surface area contributed by atoms with Crippen molar-refractivity contribution in [3.8, 4) is 17.2 Å². The summed E-state index contributed by atoms with van der Waals surface area (Å²) >= 11 is 0. The molecule has 3 rings (SSSR count). The second-order valence-corrected chi connectivity index (χ2v) is 7.90. The molecule has 0 aliphatic carbocycles. The fraction of sp³-hybridized carbons (Fsp3) is 0.440. The minimum absolute atomic E-state index is 0.0358. The van der Waals surface area contributed by atoms with Crippen LogP contribution in [0.4, 0.5) is 0 Å². The fourth-order valence-corrected chi connectivity index (χ4v) is 4.11. The van der Waals surface area contributed by atoms with Crippen LogP contribution in [0, 0.1) is 5.92 Å². The van der Waals surface area contributed by atoms with E-state index in [0.717, 1.165) is 18.4 Å². The summed E-state index contributed by atoms with van der Waals surface area (Å²) in [6.07, 6.45) is 1.92. The van der Waals surface area contributed by atoms with Crippen molar-refractivity contribution in [2.24, 2.45) is 5.92 Å². The van der Waals surface area contributed by atoms with Gasteiger partial charge in [-0.15, -0.1) is 0 Å². The Morgan fingerprint density at radius 3 is 2.28 bits per heavy atom. The van der Waals surface area contributed by atoms with E-state index in [-0.39, 0.29) is 23.7 Å². The SMILES string of the molecule is CCCCNC(=O)[C@H]1CN(C(=O)c2ccc(OC)cc2)C[C@@H]1c1ccc(OC)cc1OC.